The van der Waals surface area contributed by atoms with Crippen LogP contribution in [0.4, 0.5) is 4.39 Å². The first-order valence-electron chi connectivity index (χ1n) is 6.19. The van der Waals surface area contributed by atoms with E-state index in [0.29, 0.717) is 4.47 Å². The van der Waals surface area contributed by atoms with E-state index in [-0.39, 0.29) is 11.2 Å². The maximum atomic E-state index is 13.2. The number of benzene rings is 1. The van der Waals surface area contributed by atoms with Gasteiger partial charge in [0.2, 0.25) is 0 Å². The second kappa shape index (κ2) is 5.07. The van der Waals surface area contributed by atoms with E-state index >= 15 is 0 Å². The summed E-state index contributed by atoms with van der Waals surface area (Å²) < 4.78 is 13.7. The standard InChI is InChI=1S/C14H19BrFN/c1-10-4-5-14(7-10,9-17)8-11-2-3-13(16)12(15)6-11/h2-3,6,10H,4-5,7-9,17H2,1H3. The average Bonchev–Trinajstić information content (AvgIpc) is 2.66. The van der Waals surface area contributed by atoms with Crippen molar-refractivity contribution in [3.05, 3.63) is 34.1 Å². The van der Waals surface area contributed by atoms with Crippen molar-refractivity contribution in [3.63, 3.8) is 0 Å². The summed E-state index contributed by atoms with van der Waals surface area (Å²) in [7, 11) is 0. The van der Waals surface area contributed by atoms with E-state index in [0.717, 1.165) is 18.9 Å². The van der Waals surface area contributed by atoms with Crippen LogP contribution in [-0.4, -0.2) is 6.54 Å². The van der Waals surface area contributed by atoms with Crippen LogP contribution in [-0.2, 0) is 6.42 Å². The van der Waals surface area contributed by atoms with Crippen LogP contribution >= 0.6 is 15.9 Å². The van der Waals surface area contributed by atoms with Gasteiger partial charge in [-0.1, -0.05) is 19.4 Å². The summed E-state index contributed by atoms with van der Waals surface area (Å²) in [6.07, 6.45) is 4.62. The van der Waals surface area contributed by atoms with Crippen molar-refractivity contribution in [1.82, 2.24) is 0 Å². The lowest BCUT2D eigenvalue weighted by Crippen LogP contribution is -2.30. The summed E-state index contributed by atoms with van der Waals surface area (Å²) >= 11 is 3.24. The van der Waals surface area contributed by atoms with E-state index in [9.17, 15) is 4.39 Å². The lowest BCUT2D eigenvalue weighted by Gasteiger charge is -2.27. The van der Waals surface area contributed by atoms with E-state index in [2.05, 4.69) is 22.9 Å². The first-order chi connectivity index (χ1) is 8.04. The van der Waals surface area contributed by atoms with Gasteiger partial charge in [0, 0.05) is 0 Å². The van der Waals surface area contributed by atoms with Crippen LogP contribution in [0, 0.1) is 17.2 Å². The molecule has 3 heteroatoms. The van der Waals surface area contributed by atoms with Gasteiger partial charge in [-0.25, -0.2) is 4.39 Å². The second-order valence-corrected chi connectivity index (χ2v) is 6.33. The Morgan fingerprint density at radius 2 is 2.29 bits per heavy atom. The third-order valence-corrected chi connectivity index (χ3v) is 4.55. The summed E-state index contributed by atoms with van der Waals surface area (Å²) in [5, 5.41) is 0. The zero-order chi connectivity index (χ0) is 12.5. The normalized spacial score (nSPS) is 28.6. The van der Waals surface area contributed by atoms with Gasteiger partial charge in [-0.3, -0.25) is 0 Å². The van der Waals surface area contributed by atoms with E-state index in [4.69, 9.17) is 5.73 Å². The first kappa shape index (κ1) is 13.0. The van der Waals surface area contributed by atoms with Gasteiger partial charge in [0.25, 0.3) is 0 Å². The smallest absolute Gasteiger partial charge is 0.137 e. The fourth-order valence-electron chi connectivity index (χ4n) is 3.00. The zero-order valence-electron chi connectivity index (χ0n) is 10.2. The van der Waals surface area contributed by atoms with Gasteiger partial charge in [-0.2, -0.15) is 0 Å². The van der Waals surface area contributed by atoms with Crippen molar-refractivity contribution >= 4 is 15.9 Å². The van der Waals surface area contributed by atoms with Gasteiger partial charge in [0.05, 0.1) is 4.47 Å². The molecule has 0 saturated heterocycles. The lowest BCUT2D eigenvalue weighted by atomic mass is 9.79. The van der Waals surface area contributed by atoms with Gasteiger partial charge in [-0.15, -0.1) is 0 Å². The minimum atomic E-state index is -0.199. The predicted octanol–water partition coefficient (Wildman–Crippen LogP) is 3.90. The Kier molecular flexibility index (Phi) is 3.88. The Morgan fingerprint density at radius 3 is 2.82 bits per heavy atom. The van der Waals surface area contributed by atoms with Crippen molar-refractivity contribution in [1.29, 1.82) is 0 Å². The number of halogens is 2. The van der Waals surface area contributed by atoms with Crippen LogP contribution in [0.25, 0.3) is 0 Å². The maximum absolute atomic E-state index is 13.2. The van der Waals surface area contributed by atoms with E-state index < -0.39 is 0 Å². The third-order valence-electron chi connectivity index (χ3n) is 3.95. The largest absolute Gasteiger partial charge is 0.330 e. The summed E-state index contributed by atoms with van der Waals surface area (Å²) in [6, 6.07) is 5.29. The van der Waals surface area contributed by atoms with Crippen LogP contribution < -0.4 is 5.73 Å². The molecule has 2 rings (SSSR count). The molecule has 1 aromatic rings. The topological polar surface area (TPSA) is 26.0 Å². The van der Waals surface area contributed by atoms with Crippen LogP contribution in [0.3, 0.4) is 0 Å². The molecule has 1 aromatic carbocycles. The summed E-state index contributed by atoms with van der Waals surface area (Å²) in [5.41, 5.74) is 7.37. The molecule has 1 fully saturated rings. The molecule has 0 aliphatic heterocycles. The molecule has 1 nitrogen and oxygen atoms in total. The van der Waals surface area contributed by atoms with Crippen molar-refractivity contribution in [2.45, 2.75) is 32.6 Å². The van der Waals surface area contributed by atoms with Gasteiger partial charge in [-0.05, 0) is 70.8 Å². The molecular formula is C14H19BrFN. The number of hydrogen-bond acceptors (Lipinski definition) is 1. The van der Waals surface area contributed by atoms with Gasteiger partial charge < -0.3 is 5.73 Å². The molecule has 1 saturated carbocycles. The Labute approximate surface area is 111 Å². The van der Waals surface area contributed by atoms with Crippen molar-refractivity contribution in [2.75, 3.05) is 6.54 Å². The molecule has 0 spiro atoms. The summed E-state index contributed by atoms with van der Waals surface area (Å²) in [6.45, 7) is 3.02. The van der Waals surface area contributed by atoms with E-state index in [1.54, 1.807) is 0 Å². The van der Waals surface area contributed by atoms with E-state index in [1.165, 1.54) is 30.9 Å². The average molecular weight is 300 g/mol. The summed E-state index contributed by atoms with van der Waals surface area (Å²) in [4.78, 5) is 0. The minimum absolute atomic E-state index is 0.199. The molecule has 1 aliphatic carbocycles. The van der Waals surface area contributed by atoms with Crippen molar-refractivity contribution in [3.8, 4) is 0 Å². The Balaban J connectivity index is 2.16. The molecule has 17 heavy (non-hydrogen) atoms. The Morgan fingerprint density at radius 1 is 1.53 bits per heavy atom. The molecule has 2 unspecified atom stereocenters. The highest BCUT2D eigenvalue weighted by Crippen LogP contribution is 2.43. The molecule has 2 atom stereocenters. The number of rotatable bonds is 3. The lowest BCUT2D eigenvalue weighted by molar-refractivity contribution is 0.295. The van der Waals surface area contributed by atoms with Crippen LogP contribution in [0.5, 0.6) is 0 Å². The van der Waals surface area contributed by atoms with Gasteiger partial charge in [0.15, 0.2) is 0 Å². The zero-order valence-corrected chi connectivity index (χ0v) is 11.8. The second-order valence-electron chi connectivity index (χ2n) is 5.48. The molecule has 0 aromatic heterocycles. The van der Waals surface area contributed by atoms with Crippen molar-refractivity contribution in [2.24, 2.45) is 17.1 Å². The van der Waals surface area contributed by atoms with Gasteiger partial charge >= 0.3 is 0 Å². The molecule has 0 radical (unpaired) electrons. The maximum Gasteiger partial charge on any atom is 0.137 e. The third kappa shape index (κ3) is 2.89. The molecule has 0 amide bonds. The quantitative estimate of drug-likeness (QED) is 0.900. The van der Waals surface area contributed by atoms with Crippen LogP contribution in [0.15, 0.2) is 22.7 Å². The predicted molar refractivity (Wildman–Crippen MR) is 72.3 cm³/mol. The molecule has 0 bridgehead atoms. The molecule has 94 valence electrons. The first-order valence-corrected chi connectivity index (χ1v) is 6.98. The molecule has 1 aliphatic rings. The fourth-order valence-corrected chi connectivity index (χ4v) is 3.42. The highest BCUT2D eigenvalue weighted by molar-refractivity contribution is 9.10. The molecule has 0 heterocycles. The fraction of sp³-hybridized carbons (Fsp3) is 0.571. The van der Waals surface area contributed by atoms with Crippen LogP contribution in [0.1, 0.15) is 31.7 Å². The van der Waals surface area contributed by atoms with Crippen molar-refractivity contribution < 1.29 is 4.39 Å². The molecular weight excluding hydrogens is 281 g/mol. The summed E-state index contributed by atoms with van der Waals surface area (Å²) in [5.74, 6) is 0.567. The highest BCUT2D eigenvalue weighted by atomic mass is 79.9. The molecule has 2 N–H and O–H groups in total. The Bertz CT molecular complexity index is 407. The minimum Gasteiger partial charge on any atom is -0.330 e. The monoisotopic (exact) mass is 299 g/mol. The van der Waals surface area contributed by atoms with E-state index in [1.807, 2.05) is 12.1 Å². The highest BCUT2D eigenvalue weighted by Gasteiger charge is 2.36. The number of nitrogens with two attached hydrogens (primary N) is 1. The Hall–Kier alpha value is -0.410. The SMILES string of the molecule is CC1CCC(CN)(Cc2ccc(F)c(Br)c2)C1. The number of hydrogen-bond donors (Lipinski definition) is 1. The van der Waals surface area contributed by atoms with Gasteiger partial charge in [0.1, 0.15) is 5.82 Å². The van der Waals surface area contributed by atoms with Crippen LogP contribution in [0.2, 0.25) is 0 Å².